The molecule has 4 heteroatoms. The van der Waals surface area contributed by atoms with E-state index in [-0.39, 0.29) is 11.9 Å². The van der Waals surface area contributed by atoms with E-state index in [0.717, 1.165) is 43.9 Å². The molecule has 30 heavy (non-hydrogen) atoms. The number of hydrogen-bond donors (Lipinski definition) is 1. The molecule has 0 aromatic heterocycles. The second-order valence-corrected chi connectivity index (χ2v) is 7.90. The summed E-state index contributed by atoms with van der Waals surface area (Å²) in [5.74, 6) is -0.0258. The maximum Gasteiger partial charge on any atom is 0.251 e. The second-order valence-electron chi connectivity index (χ2n) is 7.90. The number of carbonyl (C=O) groups is 1. The third-order valence-corrected chi connectivity index (χ3v) is 5.74. The van der Waals surface area contributed by atoms with E-state index < -0.39 is 0 Å². The molecule has 1 aliphatic rings. The van der Waals surface area contributed by atoms with Crippen LogP contribution in [0, 0.1) is 0 Å². The molecule has 1 N–H and O–H groups in total. The summed E-state index contributed by atoms with van der Waals surface area (Å²) < 4.78 is 0. The second kappa shape index (κ2) is 9.59. The Bertz CT molecular complexity index is 950. The number of amides is 1. The number of carbonyl (C=O) groups excluding carboxylic acids is 1. The summed E-state index contributed by atoms with van der Waals surface area (Å²) in [6.45, 7) is 6.99. The molecule has 3 aromatic rings. The van der Waals surface area contributed by atoms with Crippen LogP contribution in [-0.4, -0.2) is 37.0 Å². The van der Waals surface area contributed by atoms with Gasteiger partial charge in [0.2, 0.25) is 0 Å². The van der Waals surface area contributed by atoms with Gasteiger partial charge in [-0.2, -0.15) is 0 Å². The molecule has 4 rings (SSSR count). The molecule has 0 bridgehead atoms. The average molecular weight is 400 g/mol. The highest BCUT2D eigenvalue weighted by Crippen LogP contribution is 2.18. The fourth-order valence-electron chi connectivity index (χ4n) is 3.98. The van der Waals surface area contributed by atoms with Gasteiger partial charge in [-0.3, -0.25) is 9.69 Å². The minimum Gasteiger partial charge on any atom is -0.369 e. The zero-order chi connectivity index (χ0) is 20.8. The fourth-order valence-corrected chi connectivity index (χ4v) is 3.98. The molecule has 1 aliphatic heterocycles. The Hall–Kier alpha value is -3.11. The van der Waals surface area contributed by atoms with Crippen molar-refractivity contribution in [2.45, 2.75) is 19.5 Å². The van der Waals surface area contributed by atoms with Crippen LogP contribution in [0.2, 0.25) is 0 Å². The minimum atomic E-state index is -0.0258. The van der Waals surface area contributed by atoms with Crippen molar-refractivity contribution in [3.05, 3.63) is 102 Å². The number of rotatable bonds is 6. The molecule has 154 valence electrons. The molecule has 0 radical (unpaired) electrons. The van der Waals surface area contributed by atoms with Crippen molar-refractivity contribution in [1.82, 2.24) is 10.2 Å². The zero-order valence-electron chi connectivity index (χ0n) is 17.5. The van der Waals surface area contributed by atoms with E-state index in [1.807, 2.05) is 55.5 Å². The summed E-state index contributed by atoms with van der Waals surface area (Å²) >= 11 is 0. The van der Waals surface area contributed by atoms with Crippen LogP contribution in [0.25, 0.3) is 0 Å². The summed E-state index contributed by atoms with van der Waals surface area (Å²) in [5.41, 5.74) is 4.31. The molecule has 0 saturated carbocycles. The Balaban J connectivity index is 1.33. The summed E-state index contributed by atoms with van der Waals surface area (Å²) in [6.07, 6.45) is 0. The Morgan fingerprint density at radius 1 is 0.867 bits per heavy atom. The molecule has 1 unspecified atom stereocenters. The highest BCUT2D eigenvalue weighted by Gasteiger charge is 2.18. The predicted octanol–water partition coefficient (Wildman–Crippen LogP) is 4.50. The van der Waals surface area contributed by atoms with Crippen molar-refractivity contribution in [3.63, 3.8) is 0 Å². The number of benzene rings is 3. The van der Waals surface area contributed by atoms with Gasteiger partial charge in [-0.15, -0.1) is 0 Å². The number of hydrogen-bond acceptors (Lipinski definition) is 3. The first-order valence-corrected chi connectivity index (χ1v) is 10.7. The Morgan fingerprint density at radius 2 is 1.53 bits per heavy atom. The van der Waals surface area contributed by atoms with E-state index in [1.54, 1.807) is 0 Å². The van der Waals surface area contributed by atoms with E-state index in [2.05, 4.69) is 51.5 Å². The molecular weight excluding hydrogens is 370 g/mol. The third kappa shape index (κ3) is 5.08. The first-order valence-electron chi connectivity index (χ1n) is 10.7. The molecule has 0 aliphatic carbocycles. The lowest BCUT2D eigenvalue weighted by molar-refractivity contribution is 0.0939. The SMILES string of the molecule is CC(NC(=O)c1cccc(CN2CCN(c3ccccc3)CC2)c1)c1ccccc1. The zero-order valence-corrected chi connectivity index (χ0v) is 17.5. The van der Waals surface area contributed by atoms with Crippen LogP contribution >= 0.6 is 0 Å². The highest BCUT2D eigenvalue weighted by atomic mass is 16.1. The van der Waals surface area contributed by atoms with Crippen molar-refractivity contribution in [2.24, 2.45) is 0 Å². The van der Waals surface area contributed by atoms with Gasteiger partial charge in [-0.1, -0.05) is 60.7 Å². The van der Waals surface area contributed by atoms with Crippen LogP contribution < -0.4 is 10.2 Å². The molecule has 1 atom stereocenters. The average Bonchev–Trinajstić information content (AvgIpc) is 2.81. The van der Waals surface area contributed by atoms with Crippen molar-refractivity contribution in [3.8, 4) is 0 Å². The lowest BCUT2D eigenvalue weighted by atomic mass is 10.1. The third-order valence-electron chi connectivity index (χ3n) is 5.74. The molecule has 3 aromatic carbocycles. The van der Waals surface area contributed by atoms with Crippen molar-refractivity contribution >= 4 is 11.6 Å². The largest absolute Gasteiger partial charge is 0.369 e. The predicted molar refractivity (Wildman–Crippen MR) is 123 cm³/mol. The van der Waals surface area contributed by atoms with Crippen LogP contribution in [0.3, 0.4) is 0 Å². The number of anilines is 1. The Labute approximate surface area is 179 Å². The van der Waals surface area contributed by atoms with Crippen LogP contribution in [0.15, 0.2) is 84.9 Å². The Kier molecular flexibility index (Phi) is 6.45. The molecule has 4 nitrogen and oxygen atoms in total. The van der Waals surface area contributed by atoms with Gasteiger partial charge >= 0.3 is 0 Å². The first kappa shape index (κ1) is 20.2. The van der Waals surface area contributed by atoms with E-state index in [9.17, 15) is 4.79 Å². The summed E-state index contributed by atoms with van der Waals surface area (Å²) in [5, 5.41) is 3.11. The van der Waals surface area contributed by atoms with Crippen LogP contribution in [0.5, 0.6) is 0 Å². The lowest BCUT2D eigenvalue weighted by Crippen LogP contribution is -2.45. The molecule has 0 spiro atoms. The smallest absolute Gasteiger partial charge is 0.251 e. The van der Waals surface area contributed by atoms with Crippen molar-refractivity contribution in [1.29, 1.82) is 0 Å². The molecule has 1 fully saturated rings. The van der Waals surface area contributed by atoms with E-state index in [1.165, 1.54) is 11.3 Å². The van der Waals surface area contributed by atoms with Gasteiger partial charge in [0.05, 0.1) is 6.04 Å². The standard InChI is InChI=1S/C26H29N3O/c1-21(23-10-4-2-5-11-23)27-26(30)24-12-8-9-22(19-24)20-28-15-17-29(18-16-28)25-13-6-3-7-14-25/h2-14,19,21H,15-18,20H2,1H3,(H,27,30). The van der Waals surface area contributed by atoms with E-state index in [4.69, 9.17) is 0 Å². The number of nitrogens with one attached hydrogen (secondary N) is 1. The van der Waals surface area contributed by atoms with Crippen LogP contribution in [0.1, 0.15) is 34.5 Å². The summed E-state index contributed by atoms with van der Waals surface area (Å²) in [6, 6.07) is 28.6. The number of nitrogens with zero attached hydrogens (tertiary/aromatic N) is 2. The summed E-state index contributed by atoms with van der Waals surface area (Å²) in [4.78, 5) is 17.6. The quantitative estimate of drug-likeness (QED) is 0.663. The lowest BCUT2D eigenvalue weighted by Gasteiger charge is -2.36. The van der Waals surface area contributed by atoms with E-state index in [0.29, 0.717) is 0 Å². The van der Waals surface area contributed by atoms with Gasteiger partial charge < -0.3 is 10.2 Å². The van der Waals surface area contributed by atoms with Gasteiger partial charge in [0.25, 0.3) is 5.91 Å². The van der Waals surface area contributed by atoms with Gasteiger partial charge in [0.1, 0.15) is 0 Å². The van der Waals surface area contributed by atoms with Crippen LogP contribution in [0.4, 0.5) is 5.69 Å². The minimum absolute atomic E-state index is 0.0200. The molecule has 1 amide bonds. The highest BCUT2D eigenvalue weighted by molar-refractivity contribution is 5.94. The maximum absolute atomic E-state index is 12.7. The number of para-hydroxylation sites is 1. The summed E-state index contributed by atoms with van der Waals surface area (Å²) in [7, 11) is 0. The van der Waals surface area contributed by atoms with E-state index >= 15 is 0 Å². The van der Waals surface area contributed by atoms with Gasteiger partial charge in [-0.05, 0) is 42.3 Å². The fraction of sp³-hybridized carbons (Fsp3) is 0.269. The molecule has 1 heterocycles. The Morgan fingerprint density at radius 3 is 2.23 bits per heavy atom. The first-order chi connectivity index (χ1) is 14.7. The monoisotopic (exact) mass is 399 g/mol. The van der Waals surface area contributed by atoms with Gasteiger partial charge in [-0.25, -0.2) is 0 Å². The van der Waals surface area contributed by atoms with Gasteiger partial charge in [0, 0.05) is 44.0 Å². The maximum atomic E-state index is 12.7. The molecular formula is C26H29N3O. The normalized spacial score (nSPS) is 15.6. The van der Waals surface area contributed by atoms with Gasteiger partial charge in [0.15, 0.2) is 0 Å². The molecule has 1 saturated heterocycles. The topological polar surface area (TPSA) is 35.6 Å². The van der Waals surface area contributed by atoms with Crippen molar-refractivity contribution < 1.29 is 4.79 Å². The van der Waals surface area contributed by atoms with Crippen molar-refractivity contribution in [2.75, 3.05) is 31.1 Å². The van der Waals surface area contributed by atoms with Crippen LogP contribution in [-0.2, 0) is 6.54 Å². The number of piperazine rings is 1.